The zero-order valence-corrected chi connectivity index (χ0v) is 9.69. The van der Waals surface area contributed by atoms with E-state index in [1.165, 1.54) is 0 Å². The Labute approximate surface area is 89.5 Å². The summed E-state index contributed by atoms with van der Waals surface area (Å²) in [6, 6.07) is 1.92. The van der Waals surface area contributed by atoms with Crippen molar-refractivity contribution in [3.8, 4) is 0 Å². The molecule has 1 aromatic heterocycles. The maximum Gasteiger partial charge on any atom is 0.149 e. The molecule has 1 rings (SSSR count). The summed E-state index contributed by atoms with van der Waals surface area (Å²) in [5.41, 5.74) is 7.70. The number of rotatable bonds is 4. The van der Waals surface area contributed by atoms with E-state index in [1.54, 1.807) is 6.20 Å². The van der Waals surface area contributed by atoms with Gasteiger partial charge in [-0.1, -0.05) is 6.92 Å². The Morgan fingerprint density at radius 3 is 3.00 bits per heavy atom. The molecule has 0 aliphatic rings. The smallest absolute Gasteiger partial charge is 0.149 e. The fourth-order valence-corrected chi connectivity index (χ4v) is 1.28. The van der Waals surface area contributed by atoms with Crippen LogP contribution in [0.15, 0.2) is 12.3 Å². The van der Waals surface area contributed by atoms with Gasteiger partial charge in [-0.25, -0.2) is 4.98 Å². The molecular formula is C10H17N3S. The Morgan fingerprint density at radius 2 is 2.36 bits per heavy atom. The van der Waals surface area contributed by atoms with Gasteiger partial charge in [0, 0.05) is 18.0 Å². The molecule has 78 valence electrons. The Bertz CT molecular complexity index is 301. The minimum absolute atomic E-state index is 0.566. The molecule has 0 amide bonds. The van der Waals surface area contributed by atoms with Crippen molar-refractivity contribution in [2.75, 3.05) is 23.9 Å². The van der Waals surface area contributed by atoms with Gasteiger partial charge in [-0.15, -0.1) is 0 Å². The zero-order chi connectivity index (χ0) is 10.6. The van der Waals surface area contributed by atoms with Crippen LogP contribution >= 0.6 is 11.8 Å². The van der Waals surface area contributed by atoms with Crippen molar-refractivity contribution < 1.29 is 0 Å². The maximum atomic E-state index is 5.88. The first-order valence-electron chi connectivity index (χ1n) is 4.63. The topological polar surface area (TPSA) is 50.9 Å². The second-order valence-corrected chi connectivity index (χ2v) is 4.59. The van der Waals surface area contributed by atoms with Crippen molar-refractivity contribution in [1.29, 1.82) is 0 Å². The van der Waals surface area contributed by atoms with Crippen molar-refractivity contribution in [2.45, 2.75) is 19.1 Å². The predicted molar refractivity (Wildman–Crippen MR) is 64.9 cm³/mol. The number of nitrogens with one attached hydrogen (secondary N) is 1. The van der Waals surface area contributed by atoms with Gasteiger partial charge in [-0.3, -0.25) is 0 Å². The SMILES string of the molecule is CSC(C)CNc1nccc(C)c1N. The first kappa shape index (κ1) is 11.2. The van der Waals surface area contributed by atoms with E-state index in [2.05, 4.69) is 23.5 Å². The van der Waals surface area contributed by atoms with Crippen LogP contribution in [0.4, 0.5) is 11.5 Å². The number of anilines is 2. The van der Waals surface area contributed by atoms with E-state index in [4.69, 9.17) is 5.73 Å². The second kappa shape index (κ2) is 5.10. The molecule has 0 saturated carbocycles. The van der Waals surface area contributed by atoms with Crippen LogP contribution in [-0.2, 0) is 0 Å². The highest BCUT2D eigenvalue weighted by Gasteiger charge is 2.04. The number of aromatic nitrogens is 1. The van der Waals surface area contributed by atoms with Crippen LogP contribution in [0.5, 0.6) is 0 Å². The summed E-state index contributed by atoms with van der Waals surface area (Å²) in [5.74, 6) is 0.797. The van der Waals surface area contributed by atoms with Gasteiger partial charge >= 0.3 is 0 Å². The van der Waals surface area contributed by atoms with Crippen LogP contribution in [-0.4, -0.2) is 23.0 Å². The van der Waals surface area contributed by atoms with Crippen molar-refractivity contribution in [2.24, 2.45) is 0 Å². The van der Waals surface area contributed by atoms with Crippen LogP contribution in [0.25, 0.3) is 0 Å². The summed E-state index contributed by atoms with van der Waals surface area (Å²) in [7, 11) is 0. The minimum Gasteiger partial charge on any atom is -0.396 e. The van der Waals surface area contributed by atoms with Gasteiger partial charge in [0.1, 0.15) is 5.82 Å². The molecule has 1 atom stereocenters. The van der Waals surface area contributed by atoms with E-state index < -0.39 is 0 Å². The van der Waals surface area contributed by atoms with Gasteiger partial charge in [0.25, 0.3) is 0 Å². The van der Waals surface area contributed by atoms with Gasteiger partial charge in [0.2, 0.25) is 0 Å². The van der Waals surface area contributed by atoms with Crippen LogP contribution in [0.2, 0.25) is 0 Å². The van der Waals surface area contributed by atoms with Crippen LogP contribution in [0, 0.1) is 6.92 Å². The van der Waals surface area contributed by atoms with E-state index >= 15 is 0 Å². The maximum absolute atomic E-state index is 5.88. The number of pyridine rings is 1. The number of nitrogen functional groups attached to an aromatic ring is 1. The Balaban J connectivity index is 2.63. The standard InChI is InChI=1S/C10H17N3S/c1-7-4-5-12-10(9(7)11)13-6-8(2)14-3/h4-5,8H,6,11H2,1-3H3,(H,12,13). The fraction of sp³-hybridized carbons (Fsp3) is 0.500. The lowest BCUT2D eigenvalue weighted by molar-refractivity contribution is 0.992. The molecule has 4 heteroatoms. The van der Waals surface area contributed by atoms with Gasteiger partial charge in [0.15, 0.2) is 0 Å². The lowest BCUT2D eigenvalue weighted by atomic mass is 10.2. The van der Waals surface area contributed by atoms with E-state index in [0.717, 1.165) is 23.6 Å². The zero-order valence-electron chi connectivity index (χ0n) is 8.87. The van der Waals surface area contributed by atoms with E-state index in [0.29, 0.717) is 5.25 Å². The van der Waals surface area contributed by atoms with Crippen LogP contribution in [0.1, 0.15) is 12.5 Å². The molecule has 0 fully saturated rings. The molecular weight excluding hydrogens is 194 g/mol. The number of hydrogen-bond acceptors (Lipinski definition) is 4. The third-order valence-electron chi connectivity index (χ3n) is 2.17. The van der Waals surface area contributed by atoms with Gasteiger partial charge in [-0.05, 0) is 24.8 Å². The Kier molecular flexibility index (Phi) is 4.07. The summed E-state index contributed by atoms with van der Waals surface area (Å²) < 4.78 is 0. The highest BCUT2D eigenvalue weighted by molar-refractivity contribution is 7.99. The number of aryl methyl sites for hydroxylation is 1. The minimum atomic E-state index is 0.566. The molecule has 0 aromatic carbocycles. The molecule has 0 radical (unpaired) electrons. The Morgan fingerprint density at radius 1 is 1.64 bits per heavy atom. The van der Waals surface area contributed by atoms with Gasteiger partial charge < -0.3 is 11.1 Å². The summed E-state index contributed by atoms with van der Waals surface area (Å²) in [6.07, 6.45) is 3.87. The fourth-order valence-electron chi connectivity index (χ4n) is 1.03. The highest BCUT2D eigenvalue weighted by Crippen LogP contribution is 2.19. The number of nitrogens with zero attached hydrogens (tertiary/aromatic N) is 1. The normalized spacial score (nSPS) is 12.5. The third-order valence-corrected chi connectivity index (χ3v) is 3.14. The molecule has 3 nitrogen and oxygen atoms in total. The molecule has 0 aliphatic carbocycles. The lowest BCUT2D eigenvalue weighted by Crippen LogP contribution is -2.14. The molecule has 3 N–H and O–H groups in total. The molecule has 0 saturated heterocycles. The van der Waals surface area contributed by atoms with E-state index in [9.17, 15) is 0 Å². The van der Waals surface area contributed by atoms with Crippen molar-refractivity contribution in [3.05, 3.63) is 17.8 Å². The van der Waals surface area contributed by atoms with Crippen molar-refractivity contribution in [1.82, 2.24) is 4.98 Å². The van der Waals surface area contributed by atoms with Crippen LogP contribution in [0.3, 0.4) is 0 Å². The monoisotopic (exact) mass is 211 g/mol. The van der Waals surface area contributed by atoms with Crippen molar-refractivity contribution in [3.63, 3.8) is 0 Å². The highest BCUT2D eigenvalue weighted by atomic mass is 32.2. The number of hydrogen-bond donors (Lipinski definition) is 2. The van der Waals surface area contributed by atoms with Gasteiger partial charge in [0.05, 0.1) is 5.69 Å². The average Bonchev–Trinajstić information content (AvgIpc) is 2.20. The molecule has 0 spiro atoms. The third kappa shape index (κ3) is 2.80. The second-order valence-electron chi connectivity index (χ2n) is 3.32. The molecule has 1 aromatic rings. The van der Waals surface area contributed by atoms with Crippen molar-refractivity contribution >= 4 is 23.3 Å². The quantitative estimate of drug-likeness (QED) is 0.801. The van der Waals surface area contributed by atoms with Crippen LogP contribution < -0.4 is 11.1 Å². The summed E-state index contributed by atoms with van der Waals surface area (Å²) >= 11 is 1.82. The molecule has 1 heterocycles. The average molecular weight is 211 g/mol. The van der Waals surface area contributed by atoms with Gasteiger partial charge in [-0.2, -0.15) is 11.8 Å². The first-order chi connectivity index (χ1) is 6.65. The van der Waals surface area contributed by atoms with E-state index in [-0.39, 0.29) is 0 Å². The summed E-state index contributed by atoms with van der Waals surface area (Å²) in [4.78, 5) is 4.20. The predicted octanol–water partition coefficient (Wildman–Crippen LogP) is 2.14. The number of thioether (sulfide) groups is 1. The lowest BCUT2D eigenvalue weighted by Gasteiger charge is -2.12. The van der Waals surface area contributed by atoms with E-state index in [1.807, 2.05) is 24.8 Å². The molecule has 0 bridgehead atoms. The summed E-state index contributed by atoms with van der Waals surface area (Å²) in [5, 5.41) is 3.81. The first-order valence-corrected chi connectivity index (χ1v) is 5.91. The Hall–Kier alpha value is -0.900. The number of nitrogens with two attached hydrogens (primary N) is 1. The molecule has 1 unspecified atom stereocenters. The molecule has 14 heavy (non-hydrogen) atoms. The summed E-state index contributed by atoms with van der Waals surface area (Å²) in [6.45, 7) is 5.05. The largest absolute Gasteiger partial charge is 0.396 e. The molecule has 0 aliphatic heterocycles.